The predicted molar refractivity (Wildman–Crippen MR) is 135 cm³/mol. The van der Waals surface area contributed by atoms with Gasteiger partial charge in [0.25, 0.3) is 0 Å². The number of rotatable bonds is 18. The molecule has 0 aromatic heterocycles. The number of carbonyl (C=O) groups excluding carboxylic acids is 1. The molecule has 0 bridgehead atoms. The zero-order chi connectivity index (χ0) is 24.6. The molecule has 0 aliphatic carbocycles. The Kier molecular flexibility index (Phi) is 16.0. The lowest BCUT2D eigenvalue weighted by Crippen LogP contribution is -2.38. The average molecular weight is 469 g/mol. The second-order valence-corrected chi connectivity index (χ2v) is 10.9. The van der Waals surface area contributed by atoms with Crippen molar-refractivity contribution in [3.8, 4) is 0 Å². The molecule has 1 fully saturated rings. The maximum atomic E-state index is 11.9. The van der Waals surface area contributed by atoms with Gasteiger partial charge in [0.2, 0.25) is 0 Å². The van der Waals surface area contributed by atoms with Gasteiger partial charge in [-0.25, -0.2) is 0 Å². The largest absolute Gasteiger partial charge is 0.463 e. The fourth-order valence-electron chi connectivity index (χ4n) is 4.56. The standard InChI is InChI=1S/C28H52O5/c1-21(2)10-6-11-22(3)12-7-13-23(4)14-8-15-24(5)16-9-17-27(31)33-20-26(30)28-25(29)18-19-32-28/h16,21-23,25-26,28-30H,6-15,17-20H2,1-5H3/b24-16+/t22?,23?,25-,26-,28?/m1/s1. The molecule has 1 saturated heterocycles. The van der Waals surface area contributed by atoms with Gasteiger partial charge in [-0.1, -0.05) is 84.3 Å². The Morgan fingerprint density at radius 1 is 1.00 bits per heavy atom. The molecule has 0 aromatic rings. The minimum absolute atomic E-state index is 0.127. The second kappa shape index (κ2) is 17.5. The van der Waals surface area contributed by atoms with Crippen LogP contribution in [0.5, 0.6) is 0 Å². The van der Waals surface area contributed by atoms with Crippen LogP contribution in [-0.2, 0) is 14.3 Å². The Morgan fingerprint density at radius 2 is 1.61 bits per heavy atom. The minimum atomic E-state index is -0.973. The van der Waals surface area contributed by atoms with Crippen molar-refractivity contribution in [3.63, 3.8) is 0 Å². The smallest absolute Gasteiger partial charge is 0.306 e. The van der Waals surface area contributed by atoms with E-state index in [-0.39, 0.29) is 12.6 Å². The molecule has 194 valence electrons. The van der Waals surface area contributed by atoms with Gasteiger partial charge < -0.3 is 19.7 Å². The van der Waals surface area contributed by atoms with Crippen molar-refractivity contribution in [1.82, 2.24) is 0 Å². The Bertz CT molecular complexity index is 544. The van der Waals surface area contributed by atoms with E-state index in [2.05, 4.69) is 40.7 Å². The minimum Gasteiger partial charge on any atom is -0.463 e. The van der Waals surface area contributed by atoms with E-state index >= 15 is 0 Å². The Hall–Kier alpha value is -0.910. The van der Waals surface area contributed by atoms with Gasteiger partial charge in [-0.15, -0.1) is 0 Å². The number of esters is 1. The fourth-order valence-corrected chi connectivity index (χ4v) is 4.56. The normalized spacial score (nSPS) is 21.9. The van der Waals surface area contributed by atoms with Crippen molar-refractivity contribution >= 4 is 5.97 Å². The van der Waals surface area contributed by atoms with Crippen LogP contribution in [0.25, 0.3) is 0 Å². The number of carbonyl (C=O) groups is 1. The van der Waals surface area contributed by atoms with Crippen LogP contribution >= 0.6 is 0 Å². The molecule has 0 radical (unpaired) electrons. The molecular formula is C28H52O5. The Labute approximate surface area is 203 Å². The molecule has 0 amide bonds. The van der Waals surface area contributed by atoms with Gasteiger partial charge in [0.1, 0.15) is 18.8 Å². The molecule has 0 spiro atoms. The summed E-state index contributed by atoms with van der Waals surface area (Å²) in [5, 5.41) is 19.7. The maximum absolute atomic E-state index is 11.9. The van der Waals surface area contributed by atoms with E-state index in [0.717, 1.165) is 24.2 Å². The van der Waals surface area contributed by atoms with Gasteiger partial charge in [-0.2, -0.15) is 0 Å². The summed E-state index contributed by atoms with van der Waals surface area (Å²) in [6, 6.07) is 0. The van der Waals surface area contributed by atoms with Gasteiger partial charge in [-0.05, 0) is 50.4 Å². The summed E-state index contributed by atoms with van der Waals surface area (Å²) in [6.07, 6.45) is 13.0. The molecule has 0 saturated carbocycles. The first kappa shape index (κ1) is 30.1. The first-order valence-electron chi connectivity index (χ1n) is 13.5. The summed E-state index contributed by atoms with van der Waals surface area (Å²) in [5.74, 6) is 2.15. The number of hydrogen-bond donors (Lipinski definition) is 2. The number of allylic oxidation sites excluding steroid dienone is 2. The molecule has 1 heterocycles. The first-order chi connectivity index (χ1) is 15.7. The molecule has 33 heavy (non-hydrogen) atoms. The number of aliphatic hydroxyl groups excluding tert-OH is 2. The van der Waals surface area contributed by atoms with Gasteiger partial charge >= 0.3 is 5.97 Å². The van der Waals surface area contributed by atoms with Gasteiger partial charge in [0.15, 0.2) is 0 Å². The van der Waals surface area contributed by atoms with Crippen LogP contribution < -0.4 is 0 Å². The van der Waals surface area contributed by atoms with E-state index in [1.165, 1.54) is 56.9 Å². The third-order valence-electron chi connectivity index (χ3n) is 6.88. The SMILES string of the molecule is C/C(=C\CCC(=O)OC[C@@H](O)C1OCC[C@H]1O)CCCC(C)CCCC(C)CCCC(C)C. The number of ether oxygens (including phenoxy) is 2. The molecule has 1 rings (SSSR count). The summed E-state index contributed by atoms with van der Waals surface area (Å²) >= 11 is 0. The third-order valence-corrected chi connectivity index (χ3v) is 6.88. The van der Waals surface area contributed by atoms with Gasteiger partial charge in [0.05, 0.1) is 6.10 Å². The lowest BCUT2D eigenvalue weighted by atomic mass is 9.91. The molecule has 1 aliphatic rings. The van der Waals surface area contributed by atoms with Crippen LogP contribution in [0.4, 0.5) is 0 Å². The molecule has 3 unspecified atom stereocenters. The monoisotopic (exact) mass is 468 g/mol. The highest BCUT2D eigenvalue weighted by atomic mass is 16.6. The Balaban J connectivity index is 2.05. The summed E-state index contributed by atoms with van der Waals surface area (Å²) in [7, 11) is 0. The van der Waals surface area contributed by atoms with Crippen molar-refractivity contribution in [1.29, 1.82) is 0 Å². The van der Waals surface area contributed by atoms with E-state index in [1.54, 1.807) is 0 Å². The molecule has 5 nitrogen and oxygen atoms in total. The van der Waals surface area contributed by atoms with E-state index in [9.17, 15) is 15.0 Å². The zero-order valence-corrected chi connectivity index (χ0v) is 22.1. The molecule has 5 heteroatoms. The summed E-state index contributed by atoms with van der Waals surface area (Å²) < 4.78 is 10.4. The molecule has 0 aromatic carbocycles. The van der Waals surface area contributed by atoms with E-state index in [4.69, 9.17) is 9.47 Å². The summed E-state index contributed by atoms with van der Waals surface area (Å²) in [5.41, 5.74) is 1.33. The van der Waals surface area contributed by atoms with Crippen molar-refractivity contribution in [3.05, 3.63) is 11.6 Å². The van der Waals surface area contributed by atoms with E-state index < -0.39 is 18.3 Å². The van der Waals surface area contributed by atoms with Crippen LogP contribution in [0.3, 0.4) is 0 Å². The van der Waals surface area contributed by atoms with Crippen LogP contribution in [-0.4, -0.2) is 47.7 Å². The molecular weight excluding hydrogens is 416 g/mol. The van der Waals surface area contributed by atoms with Crippen molar-refractivity contribution in [2.24, 2.45) is 17.8 Å². The lowest BCUT2D eigenvalue weighted by molar-refractivity contribution is -0.150. The van der Waals surface area contributed by atoms with Crippen molar-refractivity contribution in [2.45, 2.75) is 130 Å². The highest BCUT2D eigenvalue weighted by molar-refractivity contribution is 5.69. The molecule has 1 aliphatic heterocycles. The van der Waals surface area contributed by atoms with E-state index in [0.29, 0.717) is 25.9 Å². The summed E-state index contributed by atoms with van der Waals surface area (Å²) in [6.45, 7) is 11.8. The number of hydrogen-bond acceptors (Lipinski definition) is 5. The highest BCUT2D eigenvalue weighted by Crippen LogP contribution is 2.22. The van der Waals surface area contributed by atoms with Crippen LogP contribution in [0.2, 0.25) is 0 Å². The van der Waals surface area contributed by atoms with Crippen molar-refractivity contribution in [2.75, 3.05) is 13.2 Å². The maximum Gasteiger partial charge on any atom is 0.306 e. The second-order valence-electron chi connectivity index (χ2n) is 10.9. The molecule has 5 atom stereocenters. The third kappa shape index (κ3) is 14.9. The fraction of sp³-hybridized carbons (Fsp3) is 0.893. The van der Waals surface area contributed by atoms with Crippen LogP contribution in [0.1, 0.15) is 112 Å². The Morgan fingerprint density at radius 3 is 2.18 bits per heavy atom. The topological polar surface area (TPSA) is 76.0 Å². The van der Waals surface area contributed by atoms with Crippen LogP contribution in [0.15, 0.2) is 11.6 Å². The van der Waals surface area contributed by atoms with Gasteiger partial charge in [-0.3, -0.25) is 4.79 Å². The average Bonchev–Trinajstić information content (AvgIpc) is 3.17. The van der Waals surface area contributed by atoms with Crippen molar-refractivity contribution < 1.29 is 24.5 Å². The highest BCUT2D eigenvalue weighted by Gasteiger charge is 2.33. The zero-order valence-electron chi connectivity index (χ0n) is 22.1. The number of aliphatic hydroxyl groups is 2. The first-order valence-corrected chi connectivity index (χ1v) is 13.5. The van der Waals surface area contributed by atoms with E-state index in [1.807, 2.05) is 0 Å². The van der Waals surface area contributed by atoms with Crippen LogP contribution in [0, 0.1) is 17.8 Å². The molecule has 2 N–H and O–H groups in total. The predicted octanol–water partition coefficient (Wildman–Crippen LogP) is 6.21. The quantitative estimate of drug-likeness (QED) is 0.185. The van der Waals surface area contributed by atoms with Gasteiger partial charge in [0, 0.05) is 13.0 Å². The summed E-state index contributed by atoms with van der Waals surface area (Å²) in [4.78, 5) is 11.9. The lowest BCUT2D eigenvalue weighted by Gasteiger charge is -2.20.